The summed E-state index contributed by atoms with van der Waals surface area (Å²) in [7, 11) is 1.39. The predicted octanol–water partition coefficient (Wildman–Crippen LogP) is 2.97. The van der Waals surface area contributed by atoms with Crippen LogP contribution in [0, 0.1) is 6.92 Å². The normalized spacial score (nSPS) is 15.1. The Morgan fingerprint density at radius 2 is 1.92 bits per heavy atom. The van der Waals surface area contributed by atoms with Crippen molar-refractivity contribution in [2.45, 2.75) is 33.3 Å². The smallest absolute Gasteiger partial charge is 0.414 e. The number of ketones is 1. The number of Topliss-reactive ketones (excluding diaryl/α,β-unsaturated/α-hetero) is 1. The maximum absolute atomic E-state index is 11.6. The lowest BCUT2D eigenvalue weighted by Gasteiger charge is -2.20. The highest BCUT2D eigenvalue weighted by molar-refractivity contribution is 5.87. The number of ether oxygens (including phenoxy) is 3. The summed E-state index contributed by atoms with van der Waals surface area (Å²) in [6.07, 6.45) is 0.785. The summed E-state index contributed by atoms with van der Waals surface area (Å²) in [5, 5.41) is 0. The molecule has 0 radical (unpaired) electrons. The number of aryl methyl sites for hydroxylation is 1. The highest BCUT2D eigenvalue weighted by Gasteiger charge is 2.29. The molecule has 134 valence electrons. The van der Waals surface area contributed by atoms with Gasteiger partial charge in [-0.05, 0) is 32.4 Å². The molecule has 1 fully saturated rings. The van der Waals surface area contributed by atoms with Crippen LogP contribution in [0.1, 0.15) is 25.8 Å². The fraction of sp³-hybridized carbons (Fsp3) is 0.556. The predicted molar refractivity (Wildman–Crippen MR) is 92.5 cm³/mol. The van der Waals surface area contributed by atoms with Crippen LogP contribution in [-0.2, 0) is 19.0 Å². The lowest BCUT2D eigenvalue weighted by atomic mass is 10.2. The molecule has 2 rings (SSSR count). The molecule has 6 heteroatoms. The van der Waals surface area contributed by atoms with E-state index in [1.54, 1.807) is 4.90 Å². The molecule has 0 saturated carbocycles. The van der Waals surface area contributed by atoms with Crippen molar-refractivity contribution in [3.63, 3.8) is 0 Å². The summed E-state index contributed by atoms with van der Waals surface area (Å²) >= 11 is 0. The number of benzene rings is 1. The molecule has 0 N–H and O–H groups in total. The van der Waals surface area contributed by atoms with Crippen molar-refractivity contribution >= 4 is 17.6 Å². The zero-order valence-electron chi connectivity index (χ0n) is 14.9. The Morgan fingerprint density at radius 3 is 2.38 bits per heavy atom. The number of amides is 1. The molecular formula is C18H27NO5. The van der Waals surface area contributed by atoms with E-state index in [0.29, 0.717) is 13.2 Å². The van der Waals surface area contributed by atoms with Gasteiger partial charge in [0.15, 0.2) is 5.78 Å². The highest BCUT2D eigenvalue weighted by Crippen LogP contribution is 2.20. The fourth-order valence-electron chi connectivity index (χ4n) is 1.86. The molecule has 1 aromatic rings. The minimum atomic E-state index is -0.348. The number of nitrogens with zero attached hydrogens (tertiary/aromatic N) is 1. The van der Waals surface area contributed by atoms with Gasteiger partial charge in [0.05, 0.1) is 26.4 Å². The average molecular weight is 337 g/mol. The van der Waals surface area contributed by atoms with Gasteiger partial charge in [0, 0.05) is 12.3 Å². The third kappa shape index (κ3) is 8.08. The first-order valence-electron chi connectivity index (χ1n) is 8.08. The zero-order chi connectivity index (χ0) is 17.9. The molecule has 0 unspecified atom stereocenters. The first-order chi connectivity index (χ1) is 11.5. The van der Waals surface area contributed by atoms with E-state index in [9.17, 15) is 9.59 Å². The largest absolute Gasteiger partial charge is 0.452 e. The van der Waals surface area contributed by atoms with Crippen molar-refractivity contribution in [3.8, 4) is 0 Å². The second-order valence-corrected chi connectivity index (χ2v) is 5.63. The zero-order valence-corrected chi connectivity index (χ0v) is 14.9. The number of hydrogen-bond donors (Lipinski definition) is 0. The molecule has 0 aliphatic carbocycles. The van der Waals surface area contributed by atoms with E-state index in [2.05, 4.69) is 0 Å². The summed E-state index contributed by atoms with van der Waals surface area (Å²) in [5.41, 5.74) is 2.00. The van der Waals surface area contributed by atoms with Gasteiger partial charge in [0.25, 0.3) is 0 Å². The Labute approximate surface area is 143 Å². The first kappa shape index (κ1) is 20.1. The van der Waals surface area contributed by atoms with Crippen molar-refractivity contribution in [1.29, 1.82) is 0 Å². The van der Waals surface area contributed by atoms with E-state index < -0.39 is 0 Å². The van der Waals surface area contributed by atoms with Crippen molar-refractivity contribution < 1.29 is 23.8 Å². The molecule has 0 aromatic heterocycles. The molecule has 6 nitrogen and oxygen atoms in total. The highest BCUT2D eigenvalue weighted by atomic mass is 16.6. The number of carbonyl (C=O) groups excluding carboxylic acids is 2. The van der Waals surface area contributed by atoms with E-state index in [-0.39, 0.29) is 24.6 Å². The van der Waals surface area contributed by atoms with Crippen LogP contribution in [0.2, 0.25) is 0 Å². The van der Waals surface area contributed by atoms with Crippen LogP contribution in [0.15, 0.2) is 24.3 Å². The summed E-state index contributed by atoms with van der Waals surface area (Å²) in [6.45, 7) is 7.79. The number of hydrogen-bond acceptors (Lipinski definition) is 5. The summed E-state index contributed by atoms with van der Waals surface area (Å²) in [6, 6.07) is 7.77. The van der Waals surface area contributed by atoms with Crippen molar-refractivity contribution in [2.24, 2.45) is 0 Å². The van der Waals surface area contributed by atoms with Crippen LogP contribution in [0.25, 0.3) is 0 Å². The van der Waals surface area contributed by atoms with E-state index >= 15 is 0 Å². The van der Waals surface area contributed by atoms with Crippen LogP contribution in [0.4, 0.5) is 10.5 Å². The fourth-order valence-corrected chi connectivity index (χ4v) is 1.86. The molecule has 1 heterocycles. The minimum absolute atomic E-state index is 0.0958. The van der Waals surface area contributed by atoms with Crippen molar-refractivity contribution in [3.05, 3.63) is 29.8 Å². The first-order valence-corrected chi connectivity index (χ1v) is 8.08. The molecule has 24 heavy (non-hydrogen) atoms. The van der Waals surface area contributed by atoms with Gasteiger partial charge in [0.2, 0.25) is 0 Å². The Bertz CT molecular complexity index is 511. The Hall–Kier alpha value is -1.92. The van der Waals surface area contributed by atoms with Crippen molar-refractivity contribution in [1.82, 2.24) is 0 Å². The van der Waals surface area contributed by atoms with Gasteiger partial charge in [0.1, 0.15) is 6.61 Å². The lowest BCUT2D eigenvalue weighted by molar-refractivity contribution is -0.121. The third-order valence-electron chi connectivity index (χ3n) is 3.18. The Morgan fingerprint density at radius 1 is 1.29 bits per heavy atom. The minimum Gasteiger partial charge on any atom is -0.452 e. The van der Waals surface area contributed by atoms with Crippen LogP contribution < -0.4 is 4.90 Å². The molecule has 1 atom stereocenters. The molecule has 0 bridgehead atoms. The number of epoxide rings is 1. The van der Waals surface area contributed by atoms with Gasteiger partial charge in [-0.2, -0.15) is 0 Å². The maximum atomic E-state index is 11.6. The van der Waals surface area contributed by atoms with Gasteiger partial charge in [-0.25, -0.2) is 4.79 Å². The van der Waals surface area contributed by atoms with Crippen molar-refractivity contribution in [2.75, 3.05) is 38.4 Å². The van der Waals surface area contributed by atoms with Gasteiger partial charge < -0.3 is 14.2 Å². The monoisotopic (exact) mass is 337 g/mol. The summed E-state index contributed by atoms with van der Waals surface area (Å²) in [4.78, 5) is 23.4. The second-order valence-electron chi connectivity index (χ2n) is 5.63. The summed E-state index contributed by atoms with van der Waals surface area (Å²) in [5.74, 6) is 0.0958. The number of methoxy groups -OCH3 is 1. The lowest BCUT2D eigenvalue weighted by Crippen LogP contribution is -2.34. The molecule has 1 saturated heterocycles. The molecular weight excluding hydrogens is 310 g/mol. The summed E-state index contributed by atoms with van der Waals surface area (Å²) < 4.78 is 14.8. The topological polar surface area (TPSA) is 68.4 Å². The quantitative estimate of drug-likeness (QED) is 0.565. The number of rotatable bonds is 7. The molecule has 1 aliphatic rings. The standard InChI is InChI=1S/C12H15NO3.C6H12O2/c1-9-3-5-10(6-4-9)13(12(14)15-2)7-11-8-16-11;1-3-4-8-5-6(2)7/h3-6,11H,7-8H2,1-2H3;3-5H2,1-2H3/t11-;/m0./s1. The Kier molecular flexibility index (Phi) is 9.04. The van der Waals surface area contributed by atoms with Crippen LogP contribution in [0.3, 0.4) is 0 Å². The van der Waals surface area contributed by atoms with Gasteiger partial charge in [-0.15, -0.1) is 0 Å². The SMILES string of the molecule is CCCOCC(C)=O.COC(=O)N(C[C@H]1CO1)c1ccc(C)cc1. The molecule has 1 amide bonds. The van der Waals surface area contributed by atoms with Gasteiger partial charge in [-0.3, -0.25) is 9.69 Å². The van der Waals surface area contributed by atoms with Gasteiger partial charge in [-0.1, -0.05) is 24.6 Å². The van der Waals surface area contributed by atoms with E-state index in [1.807, 2.05) is 38.1 Å². The number of carbonyl (C=O) groups is 2. The average Bonchev–Trinajstić information content (AvgIpc) is 3.38. The molecule has 1 aliphatic heterocycles. The van der Waals surface area contributed by atoms with E-state index in [1.165, 1.54) is 14.0 Å². The van der Waals surface area contributed by atoms with Gasteiger partial charge >= 0.3 is 6.09 Å². The van der Waals surface area contributed by atoms with Crippen LogP contribution in [0.5, 0.6) is 0 Å². The maximum Gasteiger partial charge on any atom is 0.414 e. The molecule has 1 aromatic carbocycles. The number of anilines is 1. The third-order valence-corrected chi connectivity index (χ3v) is 3.18. The van der Waals surface area contributed by atoms with Crippen LogP contribution >= 0.6 is 0 Å². The molecule has 0 spiro atoms. The second kappa shape index (κ2) is 10.8. The van der Waals surface area contributed by atoms with Crippen LogP contribution in [-0.4, -0.2) is 51.5 Å². The Balaban J connectivity index is 0.000000307. The van der Waals surface area contributed by atoms with E-state index in [0.717, 1.165) is 24.3 Å². The van der Waals surface area contributed by atoms with E-state index in [4.69, 9.17) is 14.2 Å².